The molecule has 6 heteroatoms. The first-order valence-electron chi connectivity index (χ1n) is 5.15. The third kappa shape index (κ3) is 3.45. The van der Waals surface area contributed by atoms with Gasteiger partial charge in [0.15, 0.2) is 0 Å². The molecule has 0 radical (unpaired) electrons. The molecule has 1 saturated heterocycles. The summed E-state index contributed by atoms with van der Waals surface area (Å²) in [5.74, 6) is -0.614. The Morgan fingerprint density at radius 2 is 2.25 bits per heavy atom. The van der Waals surface area contributed by atoms with Crippen molar-refractivity contribution in [3.63, 3.8) is 0 Å². The lowest BCUT2D eigenvalue weighted by Crippen LogP contribution is -2.33. The number of nitrogens with zero attached hydrogens (tertiary/aromatic N) is 1. The van der Waals surface area contributed by atoms with E-state index in [9.17, 15) is 9.59 Å². The Morgan fingerprint density at radius 1 is 1.62 bits per heavy atom. The summed E-state index contributed by atoms with van der Waals surface area (Å²) >= 11 is 6.26. The highest BCUT2D eigenvalue weighted by atomic mass is 32.2. The number of aliphatic carboxylic acids is 1. The summed E-state index contributed by atoms with van der Waals surface area (Å²) in [5.41, 5.74) is 0. The molecule has 1 unspecified atom stereocenters. The smallest absolute Gasteiger partial charge is 0.305 e. The predicted molar refractivity (Wildman–Crippen MR) is 67.4 cm³/mol. The maximum atomic E-state index is 11.8. The minimum absolute atomic E-state index is 0.151. The van der Waals surface area contributed by atoms with Gasteiger partial charge in [0.2, 0.25) is 5.91 Å². The van der Waals surface area contributed by atoms with Gasteiger partial charge in [-0.3, -0.25) is 14.5 Å². The number of carboxylic acids is 1. The number of amides is 1. The highest BCUT2D eigenvalue weighted by molar-refractivity contribution is 8.24. The molecule has 0 saturated carbocycles. The van der Waals surface area contributed by atoms with Crippen molar-refractivity contribution in [1.29, 1.82) is 0 Å². The van der Waals surface area contributed by atoms with Gasteiger partial charge in [-0.1, -0.05) is 37.8 Å². The van der Waals surface area contributed by atoms with Crippen LogP contribution in [0.3, 0.4) is 0 Å². The molecular weight excluding hydrogens is 246 g/mol. The van der Waals surface area contributed by atoms with E-state index in [4.69, 9.17) is 17.3 Å². The van der Waals surface area contributed by atoms with E-state index in [1.165, 1.54) is 16.7 Å². The van der Waals surface area contributed by atoms with E-state index in [1.807, 2.05) is 0 Å². The minimum atomic E-state index is -0.959. The Labute approximate surface area is 104 Å². The minimum Gasteiger partial charge on any atom is -0.481 e. The van der Waals surface area contributed by atoms with Crippen LogP contribution in [0.1, 0.15) is 26.7 Å². The van der Waals surface area contributed by atoms with Crippen LogP contribution < -0.4 is 0 Å². The van der Waals surface area contributed by atoms with Gasteiger partial charge < -0.3 is 5.11 Å². The monoisotopic (exact) mass is 261 g/mol. The van der Waals surface area contributed by atoms with Gasteiger partial charge in [0.05, 0.1) is 6.42 Å². The molecule has 1 N–H and O–H groups in total. The highest BCUT2D eigenvalue weighted by Crippen LogP contribution is 2.29. The zero-order chi connectivity index (χ0) is 12.3. The van der Waals surface area contributed by atoms with Crippen molar-refractivity contribution in [3.8, 4) is 0 Å². The van der Waals surface area contributed by atoms with Crippen molar-refractivity contribution in [3.05, 3.63) is 0 Å². The van der Waals surface area contributed by atoms with Crippen molar-refractivity contribution in [2.75, 3.05) is 6.54 Å². The lowest BCUT2D eigenvalue weighted by atomic mass is 10.1. The van der Waals surface area contributed by atoms with Crippen LogP contribution in [0.2, 0.25) is 0 Å². The maximum Gasteiger partial charge on any atom is 0.305 e. The zero-order valence-corrected chi connectivity index (χ0v) is 10.9. The van der Waals surface area contributed by atoms with Gasteiger partial charge >= 0.3 is 5.97 Å². The molecule has 1 aliphatic rings. The van der Waals surface area contributed by atoms with Gasteiger partial charge in [-0.05, 0) is 12.3 Å². The summed E-state index contributed by atoms with van der Waals surface area (Å²) in [5, 5.41) is 8.12. The second kappa shape index (κ2) is 5.63. The number of hydrogen-bond donors (Lipinski definition) is 1. The van der Waals surface area contributed by atoms with E-state index in [0.717, 1.165) is 6.42 Å². The second-order valence-electron chi connectivity index (χ2n) is 4.14. The molecule has 4 nitrogen and oxygen atoms in total. The Morgan fingerprint density at radius 3 is 2.75 bits per heavy atom. The molecule has 1 aliphatic heterocycles. The molecule has 0 spiro atoms. The number of thioether (sulfide) groups is 1. The predicted octanol–water partition coefficient (Wildman–Crippen LogP) is 1.74. The van der Waals surface area contributed by atoms with Crippen molar-refractivity contribution in [2.45, 2.75) is 31.9 Å². The van der Waals surface area contributed by atoms with Gasteiger partial charge in [0.25, 0.3) is 0 Å². The zero-order valence-electron chi connectivity index (χ0n) is 9.30. The molecule has 1 fully saturated rings. The molecule has 1 atom stereocenters. The van der Waals surface area contributed by atoms with Crippen molar-refractivity contribution in [1.82, 2.24) is 4.90 Å². The molecular formula is C10H15NO3S2. The molecule has 0 bridgehead atoms. The fourth-order valence-electron chi connectivity index (χ4n) is 1.38. The molecule has 1 heterocycles. The third-order valence-electron chi connectivity index (χ3n) is 2.30. The van der Waals surface area contributed by atoms with Gasteiger partial charge in [-0.25, -0.2) is 0 Å². The van der Waals surface area contributed by atoms with Gasteiger partial charge in [0, 0.05) is 6.54 Å². The Bertz CT molecular complexity index is 317. The largest absolute Gasteiger partial charge is 0.481 e. The summed E-state index contributed by atoms with van der Waals surface area (Å²) in [6.45, 7) is 4.75. The van der Waals surface area contributed by atoms with E-state index in [0.29, 0.717) is 16.8 Å². The summed E-state index contributed by atoms with van der Waals surface area (Å²) in [7, 11) is 0. The number of rotatable bonds is 5. The van der Waals surface area contributed by atoms with E-state index < -0.39 is 11.2 Å². The number of thiocarbonyl (C=S) groups is 1. The topological polar surface area (TPSA) is 57.6 Å². The number of carboxylic acid groups (broad SMARTS) is 1. The van der Waals surface area contributed by atoms with Crippen molar-refractivity contribution in [2.24, 2.45) is 5.92 Å². The molecule has 0 aliphatic carbocycles. The van der Waals surface area contributed by atoms with Crippen LogP contribution in [0.25, 0.3) is 0 Å². The first kappa shape index (κ1) is 13.4. The summed E-state index contributed by atoms with van der Waals surface area (Å²) in [6.07, 6.45) is 0.730. The van der Waals surface area contributed by atoms with E-state index in [-0.39, 0.29) is 12.3 Å². The van der Waals surface area contributed by atoms with Crippen molar-refractivity contribution < 1.29 is 14.7 Å². The molecule has 16 heavy (non-hydrogen) atoms. The first-order chi connectivity index (χ1) is 7.41. The Kier molecular flexibility index (Phi) is 4.73. The molecule has 1 amide bonds. The van der Waals surface area contributed by atoms with E-state index in [2.05, 4.69) is 13.8 Å². The average Bonchev–Trinajstić information content (AvgIpc) is 2.39. The van der Waals surface area contributed by atoms with Crippen molar-refractivity contribution >= 4 is 40.2 Å². The molecule has 90 valence electrons. The Hall–Kier alpha value is -0.620. The Balaban J connectivity index is 2.57. The first-order valence-corrected chi connectivity index (χ1v) is 6.44. The fraction of sp³-hybridized carbons (Fsp3) is 0.700. The number of hydrogen-bond acceptors (Lipinski definition) is 4. The average molecular weight is 261 g/mol. The number of carbonyl (C=O) groups excluding carboxylic acids is 1. The standard InChI is InChI=1S/C10H15NO3S2/c1-6(2)3-4-11-9(14)7(5-8(12)13)16-10(11)15/h6-7H,3-5H2,1-2H3,(H,12,13). The quantitative estimate of drug-likeness (QED) is 0.764. The van der Waals surface area contributed by atoms with Crippen LogP contribution in [0.15, 0.2) is 0 Å². The van der Waals surface area contributed by atoms with Crippen LogP contribution in [0.4, 0.5) is 0 Å². The van der Waals surface area contributed by atoms with Crippen LogP contribution in [-0.2, 0) is 9.59 Å². The van der Waals surface area contributed by atoms with E-state index >= 15 is 0 Å². The lowest BCUT2D eigenvalue weighted by Gasteiger charge is -2.16. The van der Waals surface area contributed by atoms with Crippen LogP contribution >= 0.6 is 24.0 Å². The van der Waals surface area contributed by atoms with Gasteiger partial charge in [-0.15, -0.1) is 0 Å². The highest BCUT2D eigenvalue weighted by Gasteiger charge is 2.37. The normalized spacial score (nSPS) is 20.9. The van der Waals surface area contributed by atoms with Gasteiger partial charge in [-0.2, -0.15) is 0 Å². The third-order valence-corrected chi connectivity index (χ3v) is 3.88. The van der Waals surface area contributed by atoms with Crippen LogP contribution in [0, 0.1) is 5.92 Å². The molecule has 1 rings (SSSR count). The lowest BCUT2D eigenvalue weighted by molar-refractivity contribution is -0.139. The maximum absolute atomic E-state index is 11.8. The second-order valence-corrected chi connectivity index (χ2v) is 5.98. The van der Waals surface area contributed by atoms with Crippen LogP contribution in [-0.4, -0.2) is 38.0 Å². The van der Waals surface area contributed by atoms with Gasteiger partial charge in [0.1, 0.15) is 9.57 Å². The van der Waals surface area contributed by atoms with E-state index in [1.54, 1.807) is 0 Å². The summed E-state index contributed by atoms with van der Waals surface area (Å²) in [6, 6.07) is 0. The number of carbonyl (C=O) groups is 2. The fourth-order valence-corrected chi connectivity index (χ4v) is 2.91. The molecule has 0 aromatic heterocycles. The summed E-state index contributed by atoms with van der Waals surface area (Å²) < 4.78 is 0.511. The van der Waals surface area contributed by atoms with Crippen LogP contribution in [0.5, 0.6) is 0 Å². The molecule has 0 aromatic carbocycles. The SMILES string of the molecule is CC(C)CCN1C(=O)C(CC(=O)O)SC1=S. The summed E-state index contributed by atoms with van der Waals surface area (Å²) in [4.78, 5) is 23.9. The molecule has 0 aromatic rings.